The molecule has 0 aliphatic carbocycles. The lowest BCUT2D eigenvalue weighted by molar-refractivity contribution is -0.385. The first kappa shape index (κ1) is 22.5. The highest BCUT2D eigenvalue weighted by molar-refractivity contribution is 6.00. The van der Waals surface area contributed by atoms with Crippen LogP contribution in [0, 0.1) is 10.1 Å². The summed E-state index contributed by atoms with van der Waals surface area (Å²) in [5.41, 5.74) is 0.594. The average molecular weight is 414 g/mol. The number of ether oxygens (including phenoxy) is 2. The van der Waals surface area contributed by atoms with E-state index < -0.39 is 29.4 Å². The number of benzene rings is 2. The molecule has 2 aromatic rings. The Balaban J connectivity index is 1.90. The Labute approximate surface area is 173 Å². The number of nitro benzene ring substituents is 1. The van der Waals surface area contributed by atoms with Crippen LogP contribution in [0.5, 0.6) is 5.75 Å². The summed E-state index contributed by atoms with van der Waals surface area (Å²) < 4.78 is 10.2. The number of ketones is 1. The summed E-state index contributed by atoms with van der Waals surface area (Å²) in [5, 5.41) is 13.7. The van der Waals surface area contributed by atoms with E-state index >= 15 is 0 Å². The number of nitrogens with zero attached hydrogens (tertiary/aromatic N) is 1. The van der Waals surface area contributed by atoms with Gasteiger partial charge in [0.15, 0.2) is 18.5 Å². The first-order valence-corrected chi connectivity index (χ1v) is 9.31. The van der Waals surface area contributed by atoms with Crippen LogP contribution in [0.4, 0.5) is 11.4 Å². The largest absolute Gasteiger partial charge is 0.475 e. The summed E-state index contributed by atoms with van der Waals surface area (Å²) in [6.07, 6.45) is 0.0569. The summed E-state index contributed by atoms with van der Waals surface area (Å²) in [6.45, 7) is 2.74. The van der Waals surface area contributed by atoms with Crippen molar-refractivity contribution in [2.45, 2.75) is 32.8 Å². The lowest BCUT2D eigenvalue weighted by Gasteiger charge is -2.13. The van der Waals surface area contributed by atoms with Gasteiger partial charge in [-0.05, 0) is 43.7 Å². The van der Waals surface area contributed by atoms with Crippen LogP contribution >= 0.6 is 0 Å². The first-order chi connectivity index (χ1) is 14.3. The van der Waals surface area contributed by atoms with Gasteiger partial charge in [0.2, 0.25) is 11.7 Å². The number of nitro groups is 1. The number of carbonyl (C=O) groups excluding carboxylic acids is 3. The summed E-state index contributed by atoms with van der Waals surface area (Å²) in [6, 6.07) is 11.9. The molecule has 30 heavy (non-hydrogen) atoms. The van der Waals surface area contributed by atoms with Gasteiger partial charge in [0, 0.05) is 23.7 Å². The predicted molar refractivity (Wildman–Crippen MR) is 108 cm³/mol. The zero-order valence-corrected chi connectivity index (χ0v) is 16.6. The van der Waals surface area contributed by atoms with E-state index in [0.717, 1.165) is 6.42 Å². The Kier molecular flexibility index (Phi) is 8.04. The lowest BCUT2D eigenvalue weighted by atomic mass is 10.1. The van der Waals surface area contributed by atoms with E-state index in [0.29, 0.717) is 17.7 Å². The van der Waals surface area contributed by atoms with E-state index in [1.54, 1.807) is 12.1 Å². The molecule has 0 spiro atoms. The topological polar surface area (TPSA) is 125 Å². The fraction of sp³-hybridized carbons (Fsp3) is 0.286. The molecule has 9 heteroatoms. The lowest BCUT2D eigenvalue weighted by Crippen LogP contribution is -2.27. The van der Waals surface area contributed by atoms with Crippen LogP contribution in [-0.2, 0) is 14.3 Å². The second-order valence-corrected chi connectivity index (χ2v) is 6.39. The molecule has 0 radical (unpaired) electrons. The molecule has 0 bridgehead atoms. The monoisotopic (exact) mass is 414 g/mol. The number of nitrogens with one attached hydrogen (secondary N) is 1. The fourth-order valence-electron chi connectivity index (χ4n) is 2.55. The van der Waals surface area contributed by atoms with E-state index in [1.165, 1.54) is 43.3 Å². The number of amides is 1. The van der Waals surface area contributed by atoms with E-state index in [4.69, 9.17) is 9.47 Å². The predicted octanol–water partition coefficient (Wildman–Crippen LogP) is 3.53. The van der Waals surface area contributed by atoms with Crippen molar-refractivity contribution in [2.75, 3.05) is 11.9 Å². The van der Waals surface area contributed by atoms with Gasteiger partial charge in [0.1, 0.15) is 0 Å². The molecule has 0 heterocycles. The number of hydrogen-bond donors (Lipinski definition) is 1. The highest BCUT2D eigenvalue weighted by Gasteiger charge is 2.21. The van der Waals surface area contributed by atoms with Crippen molar-refractivity contribution in [2.24, 2.45) is 0 Å². The fourth-order valence-corrected chi connectivity index (χ4v) is 2.55. The molecular formula is C21H22N2O7. The van der Waals surface area contributed by atoms with Crippen LogP contribution in [0.15, 0.2) is 48.5 Å². The van der Waals surface area contributed by atoms with Crippen LogP contribution in [0.1, 0.15) is 37.0 Å². The van der Waals surface area contributed by atoms with Gasteiger partial charge >= 0.3 is 11.7 Å². The summed E-state index contributed by atoms with van der Waals surface area (Å²) in [7, 11) is 0. The van der Waals surface area contributed by atoms with Gasteiger partial charge in [-0.1, -0.05) is 19.1 Å². The van der Waals surface area contributed by atoms with Crippen LogP contribution < -0.4 is 10.1 Å². The number of hydrogen-bond acceptors (Lipinski definition) is 7. The third kappa shape index (κ3) is 6.40. The molecule has 1 atom stereocenters. The van der Waals surface area contributed by atoms with E-state index in [9.17, 15) is 24.5 Å². The number of rotatable bonds is 10. The minimum atomic E-state index is -1.08. The molecule has 158 valence electrons. The number of carbonyl (C=O) groups is 3. The highest BCUT2D eigenvalue weighted by Crippen LogP contribution is 2.25. The molecule has 0 saturated heterocycles. The zero-order chi connectivity index (χ0) is 22.1. The minimum Gasteiger partial charge on any atom is -0.475 e. The average Bonchev–Trinajstić information content (AvgIpc) is 2.72. The molecule has 2 aromatic carbocycles. The molecule has 2 rings (SSSR count). The third-order valence-corrected chi connectivity index (χ3v) is 4.02. The normalized spacial score (nSPS) is 11.3. The molecule has 1 N–H and O–H groups in total. The molecule has 0 saturated carbocycles. The summed E-state index contributed by atoms with van der Waals surface area (Å²) in [4.78, 5) is 46.3. The Morgan fingerprint density at radius 3 is 2.40 bits per heavy atom. The molecular weight excluding hydrogens is 392 g/mol. The van der Waals surface area contributed by atoms with Gasteiger partial charge in [0.25, 0.3) is 0 Å². The summed E-state index contributed by atoms with van der Waals surface area (Å²) >= 11 is 0. The van der Waals surface area contributed by atoms with Gasteiger partial charge in [-0.3, -0.25) is 19.7 Å². The summed E-state index contributed by atoms with van der Waals surface area (Å²) in [5.74, 6) is -1.45. The molecule has 0 aliphatic heterocycles. The standard InChI is InChI=1S/C21H22N2O7/c1-3-6-19(24)22-16-11-9-15(10-12-16)21(26)14(2)30-20(25)13-29-18-8-5-4-7-17(18)23(27)28/h4-5,7-12,14H,3,6,13H2,1-2H3,(H,22,24). The van der Waals surface area contributed by atoms with Crippen molar-refractivity contribution >= 4 is 29.0 Å². The van der Waals surface area contributed by atoms with Crippen molar-refractivity contribution in [1.29, 1.82) is 0 Å². The Morgan fingerprint density at radius 2 is 1.77 bits per heavy atom. The molecule has 0 aromatic heterocycles. The first-order valence-electron chi connectivity index (χ1n) is 9.31. The van der Waals surface area contributed by atoms with Crippen molar-refractivity contribution in [3.05, 3.63) is 64.2 Å². The van der Waals surface area contributed by atoms with Crippen LogP contribution in [0.2, 0.25) is 0 Å². The second kappa shape index (κ2) is 10.7. The van der Waals surface area contributed by atoms with Crippen LogP contribution in [0.25, 0.3) is 0 Å². The molecule has 1 unspecified atom stereocenters. The van der Waals surface area contributed by atoms with Gasteiger partial charge in [-0.2, -0.15) is 0 Å². The maximum absolute atomic E-state index is 12.4. The van der Waals surface area contributed by atoms with E-state index in [2.05, 4.69) is 5.32 Å². The molecule has 9 nitrogen and oxygen atoms in total. The molecule has 1 amide bonds. The van der Waals surface area contributed by atoms with Crippen LogP contribution in [0.3, 0.4) is 0 Å². The third-order valence-electron chi connectivity index (χ3n) is 4.02. The second-order valence-electron chi connectivity index (χ2n) is 6.39. The smallest absolute Gasteiger partial charge is 0.344 e. The van der Waals surface area contributed by atoms with Gasteiger partial charge < -0.3 is 14.8 Å². The van der Waals surface area contributed by atoms with Gasteiger partial charge in [0.05, 0.1) is 4.92 Å². The van der Waals surface area contributed by atoms with E-state index in [-0.39, 0.29) is 17.3 Å². The number of para-hydroxylation sites is 2. The SMILES string of the molecule is CCCC(=O)Nc1ccc(C(=O)C(C)OC(=O)COc2ccccc2[N+](=O)[O-])cc1. The van der Waals surface area contributed by atoms with Gasteiger partial charge in [-0.15, -0.1) is 0 Å². The minimum absolute atomic E-state index is 0.0702. The highest BCUT2D eigenvalue weighted by atomic mass is 16.6. The maximum atomic E-state index is 12.4. The Morgan fingerprint density at radius 1 is 1.10 bits per heavy atom. The Hall–Kier alpha value is -3.75. The van der Waals surface area contributed by atoms with Crippen molar-refractivity contribution in [3.63, 3.8) is 0 Å². The quantitative estimate of drug-likeness (QED) is 0.273. The number of anilines is 1. The molecule has 0 fully saturated rings. The zero-order valence-electron chi connectivity index (χ0n) is 16.6. The van der Waals surface area contributed by atoms with E-state index in [1.807, 2.05) is 6.92 Å². The van der Waals surface area contributed by atoms with Gasteiger partial charge in [-0.25, -0.2) is 4.79 Å². The number of esters is 1. The van der Waals surface area contributed by atoms with Crippen LogP contribution in [-0.4, -0.2) is 35.3 Å². The van der Waals surface area contributed by atoms with Crippen molar-refractivity contribution in [3.8, 4) is 5.75 Å². The van der Waals surface area contributed by atoms with Crippen molar-refractivity contribution in [1.82, 2.24) is 0 Å². The van der Waals surface area contributed by atoms with Crippen molar-refractivity contribution < 1.29 is 28.8 Å². The molecule has 0 aliphatic rings. The number of Topliss-reactive ketones (excluding diaryl/α,β-unsaturated/α-hetero) is 1. The Bertz CT molecular complexity index is 925. The maximum Gasteiger partial charge on any atom is 0.344 e.